The van der Waals surface area contributed by atoms with Crippen LogP contribution in [0.5, 0.6) is 0 Å². The third kappa shape index (κ3) is 2.21. The summed E-state index contributed by atoms with van der Waals surface area (Å²) >= 11 is 0. The Labute approximate surface area is 112 Å². The van der Waals surface area contributed by atoms with Crippen LogP contribution in [0, 0.1) is 0 Å². The van der Waals surface area contributed by atoms with Gasteiger partial charge in [0.05, 0.1) is 5.52 Å². The normalized spacial score (nSPS) is 22.8. The zero-order chi connectivity index (χ0) is 13.6. The highest BCUT2D eigenvalue weighted by atomic mass is 16.4. The number of fused-ring (bicyclic) bond motifs is 1. The van der Waals surface area contributed by atoms with E-state index in [0.717, 1.165) is 24.9 Å². The smallest absolute Gasteiger partial charge is 0.408 e. The molecule has 4 nitrogen and oxygen atoms in total. The van der Waals surface area contributed by atoms with E-state index in [1.54, 1.807) is 11.6 Å². The molecular weight excluding hydrogens is 240 g/mol. The number of aryl methyl sites for hydroxylation is 1. The fourth-order valence-corrected chi connectivity index (χ4v) is 3.06. The minimum atomic E-state index is -0.294. The lowest BCUT2D eigenvalue weighted by atomic mass is 9.80. The number of hydrogen-bond donors (Lipinski definition) is 1. The molecule has 1 saturated heterocycles. The summed E-state index contributed by atoms with van der Waals surface area (Å²) < 4.78 is 6.82. The third-order valence-electron chi connectivity index (χ3n) is 4.14. The first-order chi connectivity index (χ1) is 8.96. The summed E-state index contributed by atoms with van der Waals surface area (Å²) in [5, 5.41) is 3.53. The number of oxazole rings is 1. The molecule has 19 heavy (non-hydrogen) atoms. The number of rotatable bonds is 1. The standard InChI is InChI=1S/C15H20N2O2/c1-15(2)9-11(6-7-16-15)10-4-5-12-13(8-10)19-14(18)17(12)3/h4-5,8,11,16H,6-7,9H2,1-3H3. The molecule has 1 aliphatic heterocycles. The molecule has 1 aromatic carbocycles. The van der Waals surface area contributed by atoms with Gasteiger partial charge >= 0.3 is 5.76 Å². The second kappa shape index (κ2) is 4.23. The lowest BCUT2D eigenvalue weighted by Crippen LogP contribution is -2.45. The molecule has 0 saturated carbocycles. The highest BCUT2D eigenvalue weighted by Gasteiger charge is 2.28. The maximum Gasteiger partial charge on any atom is 0.419 e. The Balaban J connectivity index is 1.99. The van der Waals surface area contributed by atoms with E-state index in [2.05, 4.69) is 25.2 Å². The van der Waals surface area contributed by atoms with Crippen LogP contribution >= 0.6 is 0 Å². The Bertz CT molecular complexity index is 666. The van der Waals surface area contributed by atoms with E-state index < -0.39 is 0 Å². The van der Waals surface area contributed by atoms with Crippen molar-refractivity contribution >= 4 is 11.1 Å². The monoisotopic (exact) mass is 260 g/mol. The van der Waals surface area contributed by atoms with Gasteiger partial charge in [-0.25, -0.2) is 4.79 Å². The average molecular weight is 260 g/mol. The molecule has 1 fully saturated rings. The van der Waals surface area contributed by atoms with Crippen LogP contribution in [0.2, 0.25) is 0 Å². The highest BCUT2D eigenvalue weighted by Crippen LogP contribution is 2.33. The number of nitrogens with zero attached hydrogens (tertiary/aromatic N) is 1. The zero-order valence-corrected chi connectivity index (χ0v) is 11.7. The van der Waals surface area contributed by atoms with E-state index >= 15 is 0 Å². The number of aromatic nitrogens is 1. The SMILES string of the molecule is Cn1c(=O)oc2cc(C3CCNC(C)(C)C3)ccc21. The summed E-state index contributed by atoms with van der Waals surface area (Å²) in [6.45, 7) is 5.51. The van der Waals surface area contributed by atoms with Crippen LogP contribution in [0.4, 0.5) is 0 Å². The molecule has 1 aromatic heterocycles. The summed E-state index contributed by atoms with van der Waals surface area (Å²) in [6.07, 6.45) is 2.24. The van der Waals surface area contributed by atoms with Gasteiger partial charge < -0.3 is 9.73 Å². The van der Waals surface area contributed by atoms with Gasteiger partial charge in [0.25, 0.3) is 0 Å². The number of nitrogens with one attached hydrogen (secondary N) is 1. The van der Waals surface area contributed by atoms with Crippen molar-refractivity contribution in [1.82, 2.24) is 9.88 Å². The predicted octanol–water partition coefficient (Wildman–Crippen LogP) is 2.38. The molecule has 0 amide bonds. The van der Waals surface area contributed by atoms with E-state index in [1.807, 2.05) is 12.1 Å². The maximum absolute atomic E-state index is 11.5. The zero-order valence-electron chi connectivity index (χ0n) is 11.7. The van der Waals surface area contributed by atoms with Gasteiger partial charge in [0.1, 0.15) is 0 Å². The molecule has 4 heteroatoms. The van der Waals surface area contributed by atoms with Crippen LogP contribution in [0.1, 0.15) is 38.2 Å². The van der Waals surface area contributed by atoms with Gasteiger partial charge in [-0.05, 0) is 56.8 Å². The second-order valence-electron chi connectivity index (χ2n) is 6.15. The van der Waals surface area contributed by atoms with Gasteiger partial charge in [0.15, 0.2) is 5.58 Å². The topological polar surface area (TPSA) is 47.2 Å². The van der Waals surface area contributed by atoms with Gasteiger partial charge in [-0.1, -0.05) is 6.07 Å². The molecule has 0 bridgehead atoms. The van der Waals surface area contributed by atoms with Crippen molar-refractivity contribution < 1.29 is 4.42 Å². The highest BCUT2D eigenvalue weighted by molar-refractivity contribution is 5.73. The van der Waals surface area contributed by atoms with Crippen LogP contribution in [0.25, 0.3) is 11.1 Å². The molecular formula is C15H20N2O2. The largest absolute Gasteiger partial charge is 0.419 e. The molecule has 1 unspecified atom stereocenters. The Morgan fingerprint density at radius 2 is 2.21 bits per heavy atom. The van der Waals surface area contributed by atoms with Crippen LogP contribution in [0.15, 0.2) is 27.4 Å². The molecule has 1 aliphatic rings. The average Bonchev–Trinajstić information content (AvgIpc) is 2.63. The number of hydrogen-bond acceptors (Lipinski definition) is 3. The first kappa shape index (κ1) is 12.5. The molecule has 102 valence electrons. The van der Waals surface area contributed by atoms with Crippen LogP contribution in [0.3, 0.4) is 0 Å². The van der Waals surface area contributed by atoms with E-state index in [4.69, 9.17) is 4.42 Å². The Morgan fingerprint density at radius 3 is 2.95 bits per heavy atom. The summed E-state index contributed by atoms with van der Waals surface area (Å²) in [6, 6.07) is 6.15. The molecule has 3 rings (SSSR count). The molecule has 0 radical (unpaired) electrons. The lowest BCUT2D eigenvalue weighted by molar-refractivity contribution is 0.275. The maximum atomic E-state index is 11.5. The Morgan fingerprint density at radius 1 is 1.42 bits per heavy atom. The van der Waals surface area contributed by atoms with E-state index in [-0.39, 0.29) is 11.3 Å². The van der Waals surface area contributed by atoms with Gasteiger partial charge in [0, 0.05) is 12.6 Å². The van der Waals surface area contributed by atoms with Crippen molar-refractivity contribution in [2.75, 3.05) is 6.54 Å². The third-order valence-corrected chi connectivity index (χ3v) is 4.14. The fourth-order valence-electron chi connectivity index (χ4n) is 3.06. The lowest BCUT2D eigenvalue weighted by Gasteiger charge is -2.36. The fraction of sp³-hybridized carbons (Fsp3) is 0.533. The van der Waals surface area contributed by atoms with Crippen LogP contribution in [-0.2, 0) is 7.05 Å². The van der Waals surface area contributed by atoms with Crippen molar-refractivity contribution in [2.24, 2.45) is 7.05 Å². The minimum Gasteiger partial charge on any atom is -0.408 e. The Hall–Kier alpha value is -1.55. The van der Waals surface area contributed by atoms with E-state index in [0.29, 0.717) is 11.5 Å². The molecule has 1 N–H and O–H groups in total. The second-order valence-corrected chi connectivity index (χ2v) is 6.15. The van der Waals surface area contributed by atoms with E-state index in [9.17, 15) is 4.79 Å². The molecule has 2 aromatic rings. The van der Waals surface area contributed by atoms with Crippen molar-refractivity contribution in [3.8, 4) is 0 Å². The van der Waals surface area contributed by atoms with Crippen molar-refractivity contribution in [3.05, 3.63) is 34.3 Å². The quantitative estimate of drug-likeness (QED) is 0.856. The van der Waals surface area contributed by atoms with Crippen molar-refractivity contribution in [2.45, 2.75) is 38.1 Å². The molecule has 0 aliphatic carbocycles. The molecule has 1 atom stereocenters. The van der Waals surface area contributed by atoms with E-state index in [1.165, 1.54) is 5.56 Å². The number of benzene rings is 1. The number of piperidine rings is 1. The van der Waals surface area contributed by atoms with Crippen LogP contribution < -0.4 is 11.1 Å². The predicted molar refractivity (Wildman–Crippen MR) is 75.5 cm³/mol. The van der Waals surface area contributed by atoms with Crippen LogP contribution in [-0.4, -0.2) is 16.7 Å². The van der Waals surface area contributed by atoms with Crippen molar-refractivity contribution in [3.63, 3.8) is 0 Å². The summed E-state index contributed by atoms with van der Waals surface area (Å²) in [5.74, 6) is 0.240. The summed E-state index contributed by atoms with van der Waals surface area (Å²) in [7, 11) is 1.74. The molecule has 0 spiro atoms. The van der Waals surface area contributed by atoms with Gasteiger partial charge in [0.2, 0.25) is 0 Å². The first-order valence-electron chi connectivity index (χ1n) is 6.81. The van der Waals surface area contributed by atoms with Gasteiger partial charge in [-0.3, -0.25) is 4.57 Å². The molecule has 2 heterocycles. The summed E-state index contributed by atoms with van der Waals surface area (Å²) in [4.78, 5) is 11.5. The first-order valence-corrected chi connectivity index (χ1v) is 6.81. The van der Waals surface area contributed by atoms with Crippen molar-refractivity contribution in [1.29, 1.82) is 0 Å². The van der Waals surface area contributed by atoms with Gasteiger partial charge in [-0.15, -0.1) is 0 Å². The minimum absolute atomic E-state index is 0.176. The van der Waals surface area contributed by atoms with Gasteiger partial charge in [-0.2, -0.15) is 0 Å². The summed E-state index contributed by atoms with van der Waals surface area (Å²) in [5.41, 5.74) is 3.01. The Kier molecular flexibility index (Phi) is 2.78.